The Morgan fingerprint density at radius 2 is 1.47 bits per heavy atom. The van der Waals surface area contributed by atoms with E-state index < -0.39 is 93.5 Å². The zero-order valence-electron chi connectivity index (χ0n) is 50.0. The number of anilines is 2. The Labute approximate surface area is 506 Å². The first kappa shape index (κ1) is 65.4. The summed E-state index contributed by atoms with van der Waals surface area (Å²) < 4.78 is 72.6. The summed E-state index contributed by atoms with van der Waals surface area (Å²) in [5.41, 5.74) is -0.999. The molecule has 2 saturated heterocycles. The Morgan fingerprint density at radius 1 is 0.828 bits per heavy atom. The molecule has 87 heavy (non-hydrogen) atoms. The highest BCUT2D eigenvalue weighted by Crippen LogP contribution is 2.41. The summed E-state index contributed by atoms with van der Waals surface area (Å²) in [7, 11) is 1.98. The Morgan fingerprint density at radius 3 is 2.09 bits per heavy atom. The Balaban J connectivity index is 0.826. The summed E-state index contributed by atoms with van der Waals surface area (Å²) >= 11 is 1.48. The van der Waals surface area contributed by atoms with Gasteiger partial charge in [-0.3, -0.25) is 38.5 Å². The highest BCUT2D eigenvalue weighted by molar-refractivity contribution is 7.13. The number of alkyl halides is 4. The molecule has 2 aromatic heterocycles. The molecular formula is C63H77F5N10O8S. The van der Waals surface area contributed by atoms with E-state index in [1.165, 1.54) is 34.4 Å². The standard InChI is InChI=1S/C63H77F5N10O8S/c1-36-32-77(33-37(2)76(36)7)50-21-19-41(27-49(50)74-57(83)45-31-71-52(80)29-46(45)63(66,67)68)44-26-42(18-20-47(44)64)56(82)70-25-13-11-9-8-10-12-24-69-53(81)30-48(39-14-16-40(17-15-39)54-38(3)72-35-87-54)73-58(84)51-28-43(79)34-78(51)59(85)55(61(4,5)6)75-60(86)62(65)22-23-62/h14-21,26-27,29,31,35-37,43,48,51,55,79H,8-13,22-25,28,30,32-34H2,1-7H3,(H,69,81)(H,70,82)(H,71,80)(H,73,84)(H,74,83)(H,75,86)/t36-,37+,43-,48?,51+,55?/m1/s1. The number of hydrogen-bond acceptors (Lipinski definition) is 12. The number of piperazine rings is 1. The van der Waals surface area contributed by atoms with Gasteiger partial charge in [0.25, 0.3) is 17.7 Å². The molecule has 18 nitrogen and oxygen atoms in total. The van der Waals surface area contributed by atoms with E-state index in [0.717, 1.165) is 47.9 Å². The molecule has 468 valence electrons. The summed E-state index contributed by atoms with van der Waals surface area (Å²) in [6.45, 7) is 12.6. The Bertz CT molecular complexity index is 3370. The number of pyridine rings is 1. The summed E-state index contributed by atoms with van der Waals surface area (Å²) in [5.74, 6) is -4.70. The molecule has 1 saturated carbocycles. The fourth-order valence-electron chi connectivity index (χ4n) is 11.1. The van der Waals surface area contributed by atoms with Crippen LogP contribution in [0.15, 0.2) is 83.2 Å². The van der Waals surface area contributed by atoms with Crippen LogP contribution in [0.2, 0.25) is 0 Å². The maximum atomic E-state index is 15.7. The summed E-state index contributed by atoms with van der Waals surface area (Å²) in [4.78, 5) is 107. The third-order valence-electron chi connectivity index (χ3n) is 16.5. The van der Waals surface area contributed by atoms with E-state index in [2.05, 4.69) is 41.5 Å². The van der Waals surface area contributed by atoms with Gasteiger partial charge < -0.3 is 46.5 Å². The van der Waals surface area contributed by atoms with E-state index in [-0.39, 0.29) is 72.6 Å². The number of rotatable bonds is 23. The number of halogens is 5. The normalized spacial score (nSPS) is 19.2. The number of β-amino-alcohol motifs (C(OH)–C–C–N with tert-alkyl or cyclic N) is 1. The number of nitrogens with one attached hydrogen (secondary N) is 6. The van der Waals surface area contributed by atoms with Crippen LogP contribution in [-0.2, 0) is 25.4 Å². The molecule has 7 N–H and O–H groups in total. The van der Waals surface area contributed by atoms with Crippen LogP contribution in [0.5, 0.6) is 0 Å². The minimum absolute atomic E-state index is 0.0192. The van der Waals surface area contributed by atoms with Crippen molar-refractivity contribution in [1.82, 2.24) is 41.0 Å². The van der Waals surface area contributed by atoms with Crippen molar-refractivity contribution in [3.05, 3.63) is 123 Å². The highest BCUT2D eigenvalue weighted by Gasteiger charge is 2.53. The quantitative estimate of drug-likeness (QED) is 0.0241. The van der Waals surface area contributed by atoms with Gasteiger partial charge in [-0.25, -0.2) is 13.8 Å². The number of aromatic amines is 1. The zero-order chi connectivity index (χ0) is 63.1. The number of carbonyl (C=O) groups is 6. The predicted octanol–water partition coefficient (Wildman–Crippen LogP) is 8.84. The van der Waals surface area contributed by atoms with Crippen molar-refractivity contribution in [2.24, 2.45) is 5.41 Å². The van der Waals surface area contributed by atoms with Gasteiger partial charge in [0.05, 0.1) is 57.1 Å². The molecule has 5 aromatic rings. The highest BCUT2D eigenvalue weighted by atomic mass is 32.1. The second-order valence-corrected chi connectivity index (χ2v) is 25.1. The number of carbonyl (C=O) groups excluding carboxylic acids is 6. The number of unbranched alkanes of at least 4 members (excludes halogenated alkanes) is 5. The Hall–Kier alpha value is -7.57. The molecule has 3 aliphatic rings. The average molecular weight is 1230 g/mol. The maximum absolute atomic E-state index is 15.7. The summed E-state index contributed by atoms with van der Waals surface area (Å²) in [5, 5.41) is 24.8. The van der Waals surface area contributed by atoms with E-state index in [1.54, 1.807) is 38.4 Å². The number of aliphatic hydroxyl groups is 1. The van der Waals surface area contributed by atoms with E-state index in [4.69, 9.17) is 0 Å². The topological polar surface area (TPSA) is 238 Å². The SMILES string of the molecule is Cc1ncsc1-c1ccc(C(CC(=O)NCCCCCCCCNC(=O)c2ccc(F)c(-c3ccc(N4C[C@@H](C)N(C)[C@@H](C)C4)c(NC(=O)c4c[nH]c(=O)cc4C(F)(F)F)c3)c2)NC(=O)[C@@H]2C[C@@H](O)CN2C(=O)C(NC(=O)C2(F)CC2)C(C)(C)C)cc1. The zero-order valence-corrected chi connectivity index (χ0v) is 50.8. The fourth-order valence-corrected chi connectivity index (χ4v) is 11.9. The number of likely N-dealkylation sites (tertiary alicyclic amines) is 1. The lowest BCUT2D eigenvalue weighted by molar-refractivity contribution is -0.145. The first-order valence-electron chi connectivity index (χ1n) is 29.5. The minimum Gasteiger partial charge on any atom is -0.391 e. The van der Waals surface area contributed by atoms with E-state index in [9.17, 15) is 56.2 Å². The first-order valence-corrected chi connectivity index (χ1v) is 30.4. The molecule has 24 heteroatoms. The van der Waals surface area contributed by atoms with E-state index in [1.807, 2.05) is 57.0 Å². The number of likely N-dealkylation sites (N-methyl/N-ethyl adjacent to an activating group) is 1. The van der Waals surface area contributed by atoms with Gasteiger partial charge in [0.2, 0.25) is 23.3 Å². The van der Waals surface area contributed by atoms with Crippen molar-refractivity contribution in [3.63, 3.8) is 0 Å². The lowest BCUT2D eigenvalue weighted by Crippen LogP contribution is -2.59. The number of hydrogen-bond donors (Lipinski definition) is 7. The maximum Gasteiger partial charge on any atom is 0.417 e. The summed E-state index contributed by atoms with van der Waals surface area (Å²) in [6, 6.07) is 13.3. The minimum atomic E-state index is -5.01. The lowest BCUT2D eigenvalue weighted by atomic mass is 9.85. The molecule has 4 heterocycles. The molecule has 0 radical (unpaired) electrons. The third kappa shape index (κ3) is 16.3. The number of benzene rings is 3. The van der Waals surface area contributed by atoms with Crippen molar-refractivity contribution >= 4 is 58.2 Å². The van der Waals surface area contributed by atoms with Gasteiger partial charge >= 0.3 is 6.18 Å². The average Bonchev–Trinajstić information content (AvgIpc) is 1.92. The van der Waals surface area contributed by atoms with Crippen molar-refractivity contribution in [2.75, 3.05) is 50.0 Å². The van der Waals surface area contributed by atoms with Crippen LogP contribution in [0.3, 0.4) is 0 Å². The van der Waals surface area contributed by atoms with Gasteiger partial charge in [0, 0.05) is 74.6 Å². The Kier molecular flexibility index (Phi) is 20.8. The van der Waals surface area contributed by atoms with Gasteiger partial charge in [0.15, 0.2) is 5.67 Å². The van der Waals surface area contributed by atoms with E-state index >= 15 is 4.39 Å². The third-order valence-corrected chi connectivity index (χ3v) is 17.5. The van der Waals surface area contributed by atoms with Gasteiger partial charge in [-0.2, -0.15) is 13.2 Å². The molecule has 3 fully saturated rings. The van der Waals surface area contributed by atoms with Crippen LogP contribution in [0, 0.1) is 18.2 Å². The number of nitrogens with zero attached hydrogens (tertiary/aromatic N) is 4. The molecule has 2 aliphatic heterocycles. The van der Waals surface area contributed by atoms with Crippen molar-refractivity contribution < 1.29 is 55.8 Å². The number of thiazole rings is 1. The van der Waals surface area contributed by atoms with Gasteiger partial charge in [-0.1, -0.05) is 76.8 Å². The van der Waals surface area contributed by atoms with Gasteiger partial charge in [-0.05, 0) is 106 Å². The number of aromatic nitrogens is 2. The monoisotopic (exact) mass is 1230 g/mol. The van der Waals surface area contributed by atoms with Crippen LogP contribution >= 0.6 is 11.3 Å². The van der Waals surface area contributed by atoms with Crippen molar-refractivity contribution in [1.29, 1.82) is 0 Å². The molecular weight excluding hydrogens is 1150 g/mol. The fraction of sp³-hybridized carbons (Fsp3) is 0.492. The number of aliphatic hydroxyl groups excluding tert-OH is 1. The number of aryl methyl sites for hydroxylation is 1. The molecule has 1 aliphatic carbocycles. The number of amides is 6. The second kappa shape index (κ2) is 27.6. The lowest BCUT2D eigenvalue weighted by Gasteiger charge is -2.44. The van der Waals surface area contributed by atoms with Gasteiger partial charge in [0.1, 0.15) is 17.9 Å². The molecule has 2 unspecified atom stereocenters. The molecule has 0 bridgehead atoms. The molecule has 8 rings (SSSR count). The number of H-pyrrole nitrogens is 1. The molecule has 0 spiro atoms. The molecule has 3 aromatic carbocycles. The summed E-state index contributed by atoms with van der Waals surface area (Å²) in [6.07, 6.45) is -0.893. The van der Waals surface area contributed by atoms with Gasteiger partial charge in [-0.15, -0.1) is 11.3 Å². The van der Waals surface area contributed by atoms with Crippen LogP contribution in [0.25, 0.3) is 21.6 Å². The molecule has 6 amide bonds. The van der Waals surface area contributed by atoms with Crippen LogP contribution < -0.4 is 37.0 Å². The van der Waals surface area contributed by atoms with Crippen molar-refractivity contribution in [3.8, 4) is 21.6 Å². The molecule has 6 atom stereocenters. The largest absolute Gasteiger partial charge is 0.417 e. The van der Waals surface area contributed by atoms with Crippen LogP contribution in [-0.4, -0.2) is 136 Å². The van der Waals surface area contributed by atoms with Crippen molar-refractivity contribution in [2.45, 2.75) is 154 Å². The second-order valence-electron chi connectivity index (χ2n) is 24.3. The first-order chi connectivity index (χ1) is 41.1. The smallest absolute Gasteiger partial charge is 0.391 e. The van der Waals surface area contributed by atoms with Crippen LogP contribution in [0.4, 0.5) is 33.3 Å². The van der Waals surface area contributed by atoms with Crippen LogP contribution in [0.1, 0.15) is 142 Å². The predicted molar refractivity (Wildman–Crippen MR) is 322 cm³/mol. The van der Waals surface area contributed by atoms with E-state index in [0.29, 0.717) is 62.5 Å².